The lowest BCUT2D eigenvalue weighted by Crippen LogP contribution is -2.36. The number of rotatable bonds is 3. The summed E-state index contributed by atoms with van der Waals surface area (Å²) < 4.78 is 5.65. The quantitative estimate of drug-likeness (QED) is 0.842. The Hall–Kier alpha value is -1.26. The molecule has 128 valence electrons. The molecule has 2 atom stereocenters. The van der Waals surface area contributed by atoms with Crippen LogP contribution in [0.2, 0.25) is 0 Å². The first-order chi connectivity index (χ1) is 10.6. The molecule has 1 saturated heterocycles. The monoisotopic (exact) mass is 338 g/mol. The molecule has 1 fully saturated rings. The Balaban J connectivity index is 0.00000192. The summed E-state index contributed by atoms with van der Waals surface area (Å²) in [5.41, 5.74) is 2.65. The Morgan fingerprint density at radius 3 is 2.83 bits per heavy atom. The number of halogens is 1. The molecule has 2 aliphatic rings. The number of nitrogens with zero attached hydrogens (tertiary/aromatic N) is 2. The van der Waals surface area contributed by atoms with E-state index in [2.05, 4.69) is 17.9 Å². The van der Waals surface area contributed by atoms with Crippen molar-refractivity contribution in [3.05, 3.63) is 29.3 Å². The maximum Gasteiger partial charge on any atom is 0.414 e. The van der Waals surface area contributed by atoms with Gasteiger partial charge in [0.2, 0.25) is 0 Å². The van der Waals surface area contributed by atoms with Crippen molar-refractivity contribution in [2.24, 2.45) is 0 Å². The smallest absolute Gasteiger partial charge is 0.410 e. The lowest BCUT2D eigenvalue weighted by Gasteiger charge is -2.34. The maximum atomic E-state index is 12.0. The Morgan fingerprint density at radius 1 is 1.35 bits per heavy atom. The van der Waals surface area contributed by atoms with E-state index in [0.717, 1.165) is 12.2 Å². The van der Waals surface area contributed by atoms with Crippen LogP contribution in [0.5, 0.6) is 5.75 Å². The van der Waals surface area contributed by atoms with Gasteiger partial charge in [0.15, 0.2) is 0 Å². The summed E-state index contributed by atoms with van der Waals surface area (Å²) in [6, 6.07) is 6.77. The molecule has 1 amide bonds. The fourth-order valence-electron chi connectivity index (χ4n) is 4.01. The predicted molar refractivity (Wildman–Crippen MR) is 94.7 cm³/mol. The van der Waals surface area contributed by atoms with E-state index < -0.39 is 0 Å². The summed E-state index contributed by atoms with van der Waals surface area (Å²) >= 11 is 0. The van der Waals surface area contributed by atoms with Gasteiger partial charge in [-0.1, -0.05) is 19.1 Å². The highest BCUT2D eigenvalue weighted by Gasteiger charge is 2.39. The van der Waals surface area contributed by atoms with Crippen molar-refractivity contribution in [1.29, 1.82) is 0 Å². The van der Waals surface area contributed by atoms with E-state index in [1.807, 2.05) is 12.1 Å². The van der Waals surface area contributed by atoms with Gasteiger partial charge in [-0.25, -0.2) is 4.79 Å². The minimum absolute atomic E-state index is 0. The summed E-state index contributed by atoms with van der Waals surface area (Å²) in [6.07, 6.45) is 4.40. The van der Waals surface area contributed by atoms with E-state index in [9.17, 15) is 4.79 Å². The Morgan fingerprint density at radius 2 is 2.13 bits per heavy atom. The van der Waals surface area contributed by atoms with E-state index in [-0.39, 0.29) is 18.5 Å². The van der Waals surface area contributed by atoms with Gasteiger partial charge in [0.1, 0.15) is 5.75 Å². The number of ether oxygens (including phenoxy) is 1. The minimum atomic E-state index is -0.293. The highest BCUT2D eigenvalue weighted by atomic mass is 35.5. The van der Waals surface area contributed by atoms with Crippen LogP contribution in [0.4, 0.5) is 4.79 Å². The zero-order valence-electron chi connectivity index (χ0n) is 14.2. The average molecular weight is 339 g/mol. The van der Waals surface area contributed by atoms with E-state index in [1.165, 1.54) is 48.4 Å². The summed E-state index contributed by atoms with van der Waals surface area (Å²) in [6.45, 7) is 4.59. The molecule has 0 radical (unpaired) electrons. The number of hydrogen-bond acceptors (Lipinski definition) is 3. The molecule has 1 aliphatic heterocycles. The molecule has 0 aromatic heterocycles. The number of likely N-dealkylation sites (tertiary alicyclic amines) is 1. The van der Waals surface area contributed by atoms with Crippen LogP contribution in [0.25, 0.3) is 0 Å². The maximum absolute atomic E-state index is 12.0. The van der Waals surface area contributed by atoms with E-state index in [0.29, 0.717) is 12.0 Å². The lowest BCUT2D eigenvalue weighted by molar-refractivity contribution is 0.170. The van der Waals surface area contributed by atoms with Crippen molar-refractivity contribution < 1.29 is 9.53 Å². The zero-order valence-corrected chi connectivity index (χ0v) is 15.1. The lowest BCUT2D eigenvalue weighted by atomic mass is 9.79. The topological polar surface area (TPSA) is 32.8 Å². The number of carbonyl (C=O) groups excluding carboxylic acids is 1. The molecule has 1 aromatic rings. The second-order valence-electron chi connectivity index (χ2n) is 6.63. The van der Waals surface area contributed by atoms with Crippen LogP contribution >= 0.6 is 12.4 Å². The molecule has 3 rings (SSSR count). The van der Waals surface area contributed by atoms with E-state index >= 15 is 0 Å². The normalized spacial score (nSPS) is 22.7. The molecule has 0 spiro atoms. The third-order valence-electron chi connectivity index (χ3n) is 4.97. The highest BCUT2D eigenvalue weighted by molar-refractivity contribution is 5.85. The van der Waals surface area contributed by atoms with Gasteiger partial charge >= 0.3 is 6.09 Å². The molecule has 0 bridgehead atoms. The van der Waals surface area contributed by atoms with Gasteiger partial charge in [0.05, 0.1) is 0 Å². The molecule has 0 saturated carbocycles. The second kappa shape index (κ2) is 7.54. The third kappa shape index (κ3) is 3.48. The summed E-state index contributed by atoms with van der Waals surface area (Å²) in [7, 11) is 3.44. The first kappa shape index (κ1) is 18.1. The SMILES string of the molecule is CCCN1CC[C@@H]2c3c(cccc3OC(=O)N(C)C)CC[C@@H]21.Cl. The van der Waals surface area contributed by atoms with Gasteiger partial charge in [0, 0.05) is 31.6 Å². The number of carbonyl (C=O) groups is 1. The third-order valence-corrected chi connectivity index (χ3v) is 4.97. The van der Waals surface area contributed by atoms with Gasteiger partial charge in [-0.2, -0.15) is 0 Å². The van der Waals surface area contributed by atoms with Crippen LogP contribution in [-0.2, 0) is 6.42 Å². The van der Waals surface area contributed by atoms with Crippen molar-refractivity contribution in [2.75, 3.05) is 27.2 Å². The van der Waals surface area contributed by atoms with Crippen molar-refractivity contribution in [1.82, 2.24) is 9.80 Å². The van der Waals surface area contributed by atoms with E-state index in [1.54, 1.807) is 14.1 Å². The van der Waals surface area contributed by atoms with Gasteiger partial charge in [0.25, 0.3) is 0 Å². The van der Waals surface area contributed by atoms with E-state index in [4.69, 9.17) is 4.74 Å². The fourth-order valence-corrected chi connectivity index (χ4v) is 4.01. The molecule has 1 heterocycles. The van der Waals surface area contributed by atoms with Gasteiger partial charge < -0.3 is 9.64 Å². The molecule has 1 aliphatic carbocycles. The fraction of sp³-hybridized carbons (Fsp3) is 0.611. The highest BCUT2D eigenvalue weighted by Crippen LogP contribution is 2.45. The Kier molecular flexibility index (Phi) is 5.93. The summed E-state index contributed by atoms with van der Waals surface area (Å²) in [5.74, 6) is 1.28. The van der Waals surface area contributed by atoms with Gasteiger partial charge in [-0.3, -0.25) is 4.90 Å². The average Bonchev–Trinajstić information content (AvgIpc) is 2.91. The molecule has 5 heteroatoms. The van der Waals surface area contributed by atoms with Crippen molar-refractivity contribution >= 4 is 18.5 Å². The van der Waals surface area contributed by atoms with Crippen LogP contribution in [-0.4, -0.2) is 49.1 Å². The Labute approximate surface area is 145 Å². The zero-order chi connectivity index (χ0) is 15.7. The molecular formula is C18H27ClN2O2. The molecule has 23 heavy (non-hydrogen) atoms. The minimum Gasteiger partial charge on any atom is -0.410 e. The summed E-state index contributed by atoms with van der Waals surface area (Å²) in [5, 5.41) is 0. The molecule has 1 aromatic carbocycles. The second-order valence-corrected chi connectivity index (χ2v) is 6.63. The van der Waals surface area contributed by atoms with Crippen LogP contribution in [0.3, 0.4) is 0 Å². The number of hydrogen-bond donors (Lipinski definition) is 0. The van der Waals surface area contributed by atoms with Crippen molar-refractivity contribution in [2.45, 2.75) is 44.6 Å². The number of amides is 1. The first-order valence-corrected chi connectivity index (χ1v) is 8.36. The molecule has 4 nitrogen and oxygen atoms in total. The molecular weight excluding hydrogens is 312 g/mol. The molecule has 0 unspecified atom stereocenters. The van der Waals surface area contributed by atoms with Gasteiger partial charge in [-0.05, 0) is 50.4 Å². The summed E-state index contributed by atoms with van der Waals surface area (Å²) in [4.78, 5) is 16.1. The number of aryl methyl sites for hydroxylation is 1. The number of benzene rings is 1. The van der Waals surface area contributed by atoms with Crippen molar-refractivity contribution in [3.8, 4) is 5.75 Å². The van der Waals surface area contributed by atoms with Crippen LogP contribution in [0.15, 0.2) is 18.2 Å². The molecule has 0 N–H and O–H groups in total. The van der Waals surface area contributed by atoms with Gasteiger partial charge in [-0.15, -0.1) is 12.4 Å². The number of fused-ring (bicyclic) bond motifs is 3. The largest absolute Gasteiger partial charge is 0.414 e. The predicted octanol–water partition coefficient (Wildman–Crippen LogP) is 3.68. The van der Waals surface area contributed by atoms with Crippen molar-refractivity contribution in [3.63, 3.8) is 0 Å². The standard InChI is InChI=1S/C18H26N2O2.ClH/c1-4-11-20-12-10-14-15(20)9-8-13-6-5-7-16(17(13)14)22-18(21)19(2)3;/h5-7,14-15H,4,8-12H2,1-3H3;1H/t14-,15-;/m0./s1. The van der Waals surface area contributed by atoms with Crippen LogP contribution in [0.1, 0.15) is 43.2 Å². The first-order valence-electron chi connectivity index (χ1n) is 8.36. The Bertz CT molecular complexity index is 562. The van der Waals surface area contributed by atoms with Crippen LogP contribution < -0.4 is 4.74 Å². The van der Waals surface area contributed by atoms with Crippen LogP contribution in [0, 0.1) is 0 Å².